The molecule has 11 heavy (non-hydrogen) atoms. The normalized spacial score (nSPS) is 9.73. The van der Waals surface area contributed by atoms with Crippen LogP contribution in [-0.2, 0) is 0 Å². The average molecular weight is 169 g/mol. The van der Waals surface area contributed by atoms with Gasteiger partial charge in [-0.25, -0.2) is 0 Å². The van der Waals surface area contributed by atoms with E-state index in [4.69, 9.17) is 11.6 Å². The van der Waals surface area contributed by atoms with Gasteiger partial charge in [0.1, 0.15) is 0 Å². The molecule has 0 aliphatic heterocycles. The first-order valence-electron chi connectivity index (χ1n) is 3.38. The van der Waals surface area contributed by atoms with E-state index in [1.165, 1.54) is 6.92 Å². The highest BCUT2D eigenvalue weighted by atomic mass is 35.5. The van der Waals surface area contributed by atoms with E-state index in [1.807, 2.05) is 13.0 Å². The van der Waals surface area contributed by atoms with E-state index in [-0.39, 0.29) is 5.78 Å². The van der Waals surface area contributed by atoms with Gasteiger partial charge in [0.2, 0.25) is 0 Å². The zero-order valence-corrected chi connectivity index (χ0v) is 7.27. The molecule has 1 rings (SSSR count). The quantitative estimate of drug-likeness (QED) is 0.590. The van der Waals surface area contributed by atoms with Gasteiger partial charge in [-0.05, 0) is 25.5 Å². The van der Waals surface area contributed by atoms with Crippen LogP contribution in [-0.4, -0.2) is 5.78 Å². The Kier molecular flexibility index (Phi) is 2.30. The smallest absolute Gasteiger partial charge is 0.159 e. The Bertz CT molecular complexity index is 292. The molecule has 0 atom stereocenters. The van der Waals surface area contributed by atoms with Crippen LogP contribution in [0.3, 0.4) is 0 Å². The first kappa shape index (κ1) is 8.28. The fraction of sp³-hybridized carbons (Fsp3) is 0.222. The molecule has 1 aromatic carbocycles. The molecule has 1 aromatic rings. The van der Waals surface area contributed by atoms with Gasteiger partial charge in [0.05, 0.1) is 0 Å². The monoisotopic (exact) mass is 168 g/mol. The Morgan fingerprint density at radius 3 is 2.55 bits per heavy atom. The van der Waals surface area contributed by atoms with E-state index in [0.29, 0.717) is 10.6 Å². The molecule has 0 heterocycles. The molecule has 58 valence electrons. The summed E-state index contributed by atoms with van der Waals surface area (Å²) >= 11 is 5.81. The Labute approximate surface area is 71.0 Å². The predicted octanol–water partition coefficient (Wildman–Crippen LogP) is 2.85. The van der Waals surface area contributed by atoms with Crippen molar-refractivity contribution in [1.82, 2.24) is 0 Å². The van der Waals surface area contributed by atoms with Gasteiger partial charge >= 0.3 is 0 Å². The van der Waals surface area contributed by atoms with Gasteiger partial charge in [0.15, 0.2) is 5.78 Å². The summed E-state index contributed by atoms with van der Waals surface area (Å²) < 4.78 is 0. The van der Waals surface area contributed by atoms with Crippen molar-refractivity contribution < 1.29 is 4.79 Å². The van der Waals surface area contributed by atoms with Gasteiger partial charge in [-0.1, -0.05) is 23.7 Å². The third kappa shape index (κ3) is 1.81. The maximum absolute atomic E-state index is 10.9. The van der Waals surface area contributed by atoms with Crippen molar-refractivity contribution in [2.24, 2.45) is 0 Å². The molecular formula is C9H9ClO. The lowest BCUT2D eigenvalue weighted by molar-refractivity contribution is 0.101. The molecule has 0 saturated heterocycles. The van der Waals surface area contributed by atoms with Crippen molar-refractivity contribution in [2.45, 2.75) is 13.8 Å². The number of rotatable bonds is 1. The number of benzene rings is 1. The number of Topliss-reactive ketones (excluding diaryl/α,β-unsaturated/α-hetero) is 1. The average Bonchev–Trinajstić information content (AvgIpc) is 1.94. The number of hydrogen-bond acceptors (Lipinski definition) is 1. The van der Waals surface area contributed by atoms with Crippen molar-refractivity contribution in [3.63, 3.8) is 0 Å². The van der Waals surface area contributed by atoms with Crippen LogP contribution in [0.2, 0.25) is 5.02 Å². The maximum Gasteiger partial charge on any atom is 0.159 e. The first-order valence-corrected chi connectivity index (χ1v) is 3.76. The van der Waals surface area contributed by atoms with Crippen LogP contribution in [0, 0.1) is 6.92 Å². The van der Waals surface area contributed by atoms with E-state index in [0.717, 1.165) is 5.56 Å². The second-order valence-electron chi connectivity index (χ2n) is 2.52. The second kappa shape index (κ2) is 3.05. The molecule has 0 spiro atoms. The minimum atomic E-state index is 0.0481. The van der Waals surface area contributed by atoms with Gasteiger partial charge in [-0.15, -0.1) is 0 Å². The SMILES string of the molecule is CC(=O)c1ccc(C)c(Cl)c1. The van der Waals surface area contributed by atoms with Gasteiger partial charge in [-0.3, -0.25) is 4.79 Å². The van der Waals surface area contributed by atoms with Crippen LogP contribution in [0.1, 0.15) is 22.8 Å². The van der Waals surface area contributed by atoms with E-state index < -0.39 is 0 Å². The summed E-state index contributed by atoms with van der Waals surface area (Å²) in [6.07, 6.45) is 0. The lowest BCUT2D eigenvalue weighted by Gasteiger charge is -1.98. The molecule has 0 aliphatic rings. The molecule has 0 fully saturated rings. The first-order chi connectivity index (χ1) is 5.11. The second-order valence-corrected chi connectivity index (χ2v) is 2.93. The highest BCUT2D eigenvalue weighted by Gasteiger charge is 2.00. The number of aryl methyl sites for hydroxylation is 1. The predicted molar refractivity (Wildman–Crippen MR) is 46.2 cm³/mol. The summed E-state index contributed by atoms with van der Waals surface area (Å²) in [5.41, 5.74) is 1.66. The lowest BCUT2D eigenvalue weighted by atomic mass is 10.1. The molecule has 0 aromatic heterocycles. The third-order valence-electron chi connectivity index (χ3n) is 1.58. The minimum absolute atomic E-state index is 0.0481. The summed E-state index contributed by atoms with van der Waals surface area (Å²) in [6.45, 7) is 3.44. The molecule has 2 heteroatoms. The number of hydrogen-bond donors (Lipinski definition) is 0. The number of carbonyl (C=O) groups excluding carboxylic acids is 1. The topological polar surface area (TPSA) is 17.1 Å². The summed E-state index contributed by atoms with van der Waals surface area (Å²) in [5, 5.41) is 0.651. The molecule has 1 nitrogen and oxygen atoms in total. The van der Waals surface area contributed by atoms with Gasteiger partial charge in [0, 0.05) is 10.6 Å². The maximum atomic E-state index is 10.9. The van der Waals surface area contributed by atoms with E-state index in [1.54, 1.807) is 12.1 Å². The molecular weight excluding hydrogens is 160 g/mol. The molecule has 0 aliphatic carbocycles. The zero-order valence-electron chi connectivity index (χ0n) is 6.52. The Morgan fingerprint density at radius 1 is 1.45 bits per heavy atom. The standard InChI is InChI=1S/C9H9ClO/c1-6-3-4-8(7(2)11)5-9(6)10/h3-5H,1-2H3. The van der Waals surface area contributed by atoms with Crippen molar-refractivity contribution >= 4 is 17.4 Å². The molecule has 0 saturated carbocycles. The van der Waals surface area contributed by atoms with Crippen LogP contribution in [0.4, 0.5) is 0 Å². The van der Waals surface area contributed by atoms with Crippen LogP contribution in [0.15, 0.2) is 18.2 Å². The Balaban J connectivity index is 3.15. The van der Waals surface area contributed by atoms with Crippen LogP contribution in [0.25, 0.3) is 0 Å². The highest BCUT2D eigenvalue weighted by molar-refractivity contribution is 6.31. The van der Waals surface area contributed by atoms with Crippen LogP contribution >= 0.6 is 11.6 Å². The Morgan fingerprint density at radius 2 is 2.09 bits per heavy atom. The fourth-order valence-corrected chi connectivity index (χ4v) is 0.992. The summed E-state index contributed by atoms with van der Waals surface area (Å²) in [5.74, 6) is 0.0481. The van der Waals surface area contributed by atoms with Gasteiger partial charge in [0.25, 0.3) is 0 Å². The lowest BCUT2D eigenvalue weighted by Crippen LogP contribution is -1.91. The highest BCUT2D eigenvalue weighted by Crippen LogP contribution is 2.16. The van der Waals surface area contributed by atoms with Crippen molar-refractivity contribution in [3.05, 3.63) is 34.3 Å². The van der Waals surface area contributed by atoms with Crippen molar-refractivity contribution in [1.29, 1.82) is 0 Å². The van der Waals surface area contributed by atoms with E-state index in [2.05, 4.69) is 0 Å². The summed E-state index contributed by atoms with van der Waals surface area (Å²) in [4.78, 5) is 10.9. The summed E-state index contributed by atoms with van der Waals surface area (Å²) in [6, 6.07) is 5.32. The Hall–Kier alpha value is -0.820. The molecule has 0 unspecified atom stereocenters. The van der Waals surface area contributed by atoms with Crippen LogP contribution in [0.5, 0.6) is 0 Å². The number of halogens is 1. The molecule has 0 radical (unpaired) electrons. The fourth-order valence-electron chi connectivity index (χ4n) is 0.812. The molecule has 0 N–H and O–H groups in total. The third-order valence-corrected chi connectivity index (χ3v) is 1.99. The van der Waals surface area contributed by atoms with E-state index >= 15 is 0 Å². The largest absolute Gasteiger partial charge is 0.295 e. The van der Waals surface area contributed by atoms with Crippen LogP contribution < -0.4 is 0 Å². The molecule has 0 bridgehead atoms. The van der Waals surface area contributed by atoms with Crippen molar-refractivity contribution in [2.75, 3.05) is 0 Å². The van der Waals surface area contributed by atoms with E-state index in [9.17, 15) is 4.79 Å². The van der Waals surface area contributed by atoms with Gasteiger partial charge in [-0.2, -0.15) is 0 Å². The zero-order chi connectivity index (χ0) is 8.43. The number of carbonyl (C=O) groups is 1. The van der Waals surface area contributed by atoms with Gasteiger partial charge < -0.3 is 0 Å². The molecule has 0 amide bonds. The minimum Gasteiger partial charge on any atom is -0.295 e. The van der Waals surface area contributed by atoms with Crippen molar-refractivity contribution in [3.8, 4) is 0 Å². The number of ketones is 1. The summed E-state index contributed by atoms with van der Waals surface area (Å²) in [7, 11) is 0.